The fourth-order valence-electron chi connectivity index (χ4n) is 2.46. The Bertz CT molecular complexity index is 343. The smallest absolute Gasteiger partial charge is 0.316 e. The van der Waals surface area contributed by atoms with Gasteiger partial charge in [0.25, 0.3) is 0 Å². The van der Waals surface area contributed by atoms with Crippen molar-refractivity contribution in [1.82, 2.24) is 15.3 Å². The second-order valence-corrected chi connectivity index (χ2v) is 4.54. The highest BCUT2D eigenvalue weighted by Gasteiger charge is 2.45. The maximum Gasteiger partial charge on any atom is 0.316 e. The first-order valence-corrected chi connectivity index (χ1v) is 5.49. The van der Waals surface area contributed by atoms with Gasteiger partial charge in [0.05, 0.1) is 0 Å². The molecular formula is C11H16ClN3O. The third kappa shape index (κ3) is 1.99. The lowest BCUT2D eigenvalue weighted by Gasteiger charge is -2.48. The quantitative estimate of drug-likeness (QED) is 0.845. The van der Waals surface area contributed by atoms with Crippen LogP contribution in [-0.2, 0) is 0 Å². The molecule has 1 unspecified atom stereocenters. The predicted octanol–water partition coefficient (Wildman–Crippen LogP) is 1.19. The summed E-state index contributed by atoms with van der Waals surface area (Å²) in [5, 5.41) is 3.39. The summed E-state index contributed by atoms with van der Waals surface area (Å²) in [4.78, 5) is 8.35. The third-order valence-corrected chi connectivity index (χ3v) is 3.35. The SMILES string of the molecule is Cc1cnc(OC2[C@@H]3CNC[C@H]2C3)nc1.Cl. The van der Waals surface area contributed by atoms with Crippen LogP contribution in [0.3, 0.4) is 0 Å². The summed E-state index contributed by atoms with van der Waals surface area (Å²) in [6, 6.07) is 0.530. The number of fused-ring (bicyclic) bond motifs is 2. The topological polar surface area (TPSA) is 47.0 Å². The molecule has 5 heteroatoms. The monoisotopic (exact) mass is 241 g/mol. The Kier molecular flexibility index (Phi) is 3.30. The van der Waals surface area contributed by atoms with Crippen LogP contribution in [0.25, 0.3) is 0 Å². The molecule has 2 aliphatic rings. The van der Waals surface area contributed by atoms with Gasteiger partial charge in [-0.3, -0.25) is 0 Å². The molecule has 1 aliphatic carbocycles. The van der Waals surface area contributed by atoms with Crippen molar-refractivity contribution in [1.29, 1.82) is 0 Å². The Morgan fingerprint density at radius 3 is 2.44 bits per heavy atom. The number of nitrogens with zero attached hydrogens (tertiary/aromatic N) is 2. The molecule has 2 heterocycles. The van der Waals surface area contributed by atoms with Gasteiger partial charge < -0.3 is 10.1 Å². The van der Waals surface area contributed by atoms with Gasteiger partial charge >= 0.3 is 6.01 Å². The van der Waals surface area contributed by atoms with Crippen LogP contribution in [0.5, 0.6) is 6.01 Å². The summed E-state index contributed by atoms with van der Waals surface area (Å²) >= 11 is 0. The van der Waals surface area contributed by atoms with E-state index >= 15 is 0 Å². The molecule has 4 nitrogen and oxygen atoms in total. The van der Waals surface area contributed by atoms with E-state index in [9.17, 15) is 0 Å². The molecular weight excluding hydrogens is 226 g/mol. The van der Waals surface area contributed by atoms with Crippen molar-refractivity contribution in [2.24, 2.45) is 11.8 Å². The molecule has 88 valence electrons. The van der Waals surface area contributed by atoms with Gasteiger partial charge in [0.1, 0.15) is 6.10 Å². The molecule has 1 saturated heterocycles. The molecule has 2 fully saturated rings. The third-order valence-electron chi connectivity index (χ3n) is 3.35. The van der Waals surface area contributed by atoms with E-state index in [1.807, 2.05) is 6.92 Å². The van der Waals surface area contributed by atoms with Gasteiger partial charge in [-0.2, -0.15) is 0 Å². The maximum atomic E-state index is 5.81. The minimum Gasteiger partial charge on any atom is -0.459 e. The van der Waals surface area contributed by atoms with E-state index in [1.165, 1.54) is 6.42 Å². The van der Waals surface area contributed by atoms with Crippen molar-refractivity contribution in [3.8, 4) is 6.01 Å². The lowest BCUT2D eigenvalue weighted by atomic mass is 9.69. The Hall–Kier alpha value is -0.870. The zero-order valence-electron chi connectivity index (χ0n) is 9.22. The Balaban J connectivity index is 0.000000963. The van der Waals surface area contributed by atoms with Crippen molar-refractivity contribution in [3.05, 3.63) is 18.0 Å². The summed E-state index contributed by atoms with van der Waals surface area (Å²) in [6.45, 7) is 4.13. The summed E-state index contributed by atoms with van der Waals surface area (Å²) in [5.41, 5.74) is 1.07. The van der Waals surface area contributed by atoms with E-state index in [0.29, 0.717) is 24.0 Å². The molecule has 1 saturated carbocycles. The van der Waals surface area contributed by atoms with Gasteiger partial charge in [-0.05, 0) is 18.9 Å². The first-order valence-electron chi connectivity index (χ1n) is 5.49. The highest BCUT2D eigenvalue weighted by molar-refractivity contribution is 5.85. The fourth-order valence-corrected chi connectivity index (χ4v) is 2.46. The molecule has 1 aliphatic heterocycles. The summed E-state index contributed by atoms with van der Waals surface area (Å²) in [5.74, 6) is 1.32. The first-order chi connectivity index (χ1) is 7.33. The van der Waals surface area contributed by atoms with Crippen LogP contribution in [0.1, 0.15) is 12.0 Å². The van der Waals surface area contributed by atoms with Crippen LogP contribution in [-0.4, -0.2) is 29.2 Å². The van der Waals surface area contributed by atoms with Crippen LogP contribution in [0.15, 0.2) is 12.4 Å². The summed E-state index contributed by atoms with van der Waals surface area (Å²) in [6.07, 6.45) is 5.24. The molecule has 2 bridgehead atoms. The van der Waals surface area contributed by atoms with Crippen LogP contribution in [0.2, 0.25) is 0 Å². The maximum absolute atomic E-state index is 5.81. The van der Waals surface area contributed by atoms with E-state index in [2.05, 4.69) is 15.3 Å². The van der Waals surface area contributed by atoms with Gasteiger partial charge in [0.15, 0.2) is 0 Å². The predicted molar refractivity (Wildman–Crippen MR) is 62.9 cm³/mol. The van der Waals surface area contributed by atoms with Crippen molar-refractivity contribution < 1.29 is 4.74 Å². The number of hydrogen-bond acceptors (Lipinski definition) is 4. The van der Waals surface area contributed by atoms with E-state index in [1.54, 1.807) is 12.4 Å². The number of piperidine rings is 2. The van der Waals surface area contributed by atoms with Crippen LogP contribution in [0, 0.1) is 18.8 Å². The number of rotatable bonds is 2. The largest absolute Gasteiger partial charge is 0.459 e. The van der Waals surface area contributed by atoms with E-state index < -0.39 is 0 Å². The number of ether oxygens (including phenoxy) is 1. The molecule has 0 spiro atoms. The molecule has 0 amide bonds. The standard InChI is InChI=1S/C11H15N3O.ClH/c1-7-3-13-11(14-4-7)15-10-8-2-9(10)6-12-5-8;/h3-4,8-10,12H,2,5-6H2,1H3;1H/t8-,9+,10?;. The Morgan fingerprint density at radius 1 is 1.25 bits per heavy atom. The zero-order valence-corrected chi connectivity index (χ0v) is 10.0. The zero-order chi connectivity index (χ0) is 10.3. The molecule has 1 aromatic heterocycles. The molecule has 1 aromatic rings. The van der Waals surface area contributed by atoms with Gasteiger partial charge in [-0.1, -0.05) is 0 Å². The lowest BCUT2D eigenvalue weighted by Crippen LogP contribution is -2.59. The average Bonchev–Trinajstić information content (AvgIpc) is 2.29. The normalized spacial score (nSPS) is 31.2. The number of nitrogens with one attached hydrogen (secondary N) is 1. The molecule has 1 N–H and O–H groups in total. The van der Waals surface area contributed by atoms with Gasteiger partial charge in [-0.25, -0.2) is 9.97 Å². The van der Waals surface area contributed by atoms with Crippen LogP contribution in [0.4, 0.5) is 0 Å². The second kappa shape index (κ2) is 4.55. The fraction of sp³-hybridized carbons (Fsp3) is 0.636. The number of aryl methyl sites for hydroxylation is 1. The molecule has 0 radical (unpaired) electrons. The minimum atomic E-state index is 0. The number of halogens is 1. The lowest BCUT2D eigenvalue weighted by molar-refractivity contribution is -0.0496. The van der Waals surface area contributed by atoms with Crippen molar-refractivity contribution in [2.45, 2.75) is 19.4 Å². The first kappa shape index (κ1) is 11.6. The summed E-state index contributed by atoms with van der Waals surface area (Å²) in [7, 11) is 0. The average molecular weight is 242 g/mol. The highest BCUT2D eigenvalue weighted by Crippen LogP contribution is 2.38. The van der Waals surface area contributed by atoms with Gasteiger partial charge in [0, 0.05) is 37.3 Å². The highest BCUT2D eigenvalue weighted by atomic mass is 35.5. The molecule has 3 atom stereocenters. The molecule has 16 heavy (non-hydrogen) atoms. The summed E-state index contributed by atoms with van der Waals surface area (Å²) < 4.78 is 5.81. The van der Waals surface area contributed by atoms with Crippen molar-refractivity contribution >= 4 is 12.4 Å². The minimum absolute atomic E-state index is 0. The second-order valence-electron chi connectivity index (χ2n) is 4.54. The van der Waals surface area contributed by atoms with Crippen molar-refractivity contribution in [2.75, 3.05) is 13.1 Å². The van der Waals surface area contributed by atoms with E-state index in [-0.39, 0.29) is 12.4 Å². The molecule has 3 rings (SSSR count). The Labute approximate surface area is 101 Å². The van der Waals surface area contributed by atoms with Gasteiger partial charge in [-0.15, -0.1) is 12.4 Å². The van der Waals surface area contributed by atoms with E-state index in [4.69, 9.17) is 4.74 Å². The van der Waals surface area contributed by atoms with Crippen LogP contribution >= 0.6 is 12.4 Å². The van der Waals surface area contributed by atoms with E-state index in [0.717, 1.165) is 18.7 Å². The number of hydrogen-bond donors (Lipinski definition) is 1. The van der Waals surface area contributed by atoms with Gasteiger partial charge in [0.2, 0.25) is 0 Å². The molecule has 0 aromatic carbocycles. The van der Waals surface area contributed by atoms with Crippen LogP contribution < -0.4 is 10.1 Å². The van der Waals surface area contributed by atoms with Crippen molar-refractivity contribution in [3.63, 3.8) is 0 Å². The Morgan fingerprint density at radius 2 is 1.88 bits per heavy atom. The number of aromatic nitrogens is 2.